The molecule has 0 spiro atoms. The minimum atomic E-state index is -0.0238. The van der Waals surface area contributed by atoms with Gasteiger partial charge >= 0.3 is 0 Å². The van der Waals surface area contributed by atoms with Crippen molar-refractivity contribution in [2.24, 2.45) is 5.73 Å². The summed E-state index contributed by atoms with van der Waals surface area (Å²) in [4.78, 5) is 0. The van der Waals surface area contributed by atoms with Gasteiger partial charge in [0, 0.05) is 6.42 Å². The van der Waals surface area contributed by atoms with E-state index < -0.39 is 0 Å². The van der Waals surface area contributed by atoms with Crippen LogP contribution in [0.4, 0.5) is 0 Å². The molecule has 0 aliphatic rings. The Morgan fingerprint density at radius 3 is 2.67 bits per heavy atom. The zero-order valence-electron chi connectivity index (χ0n) is 9.37. The highest BCUT2D eigenvalue weighted by Gasteiger charge is 1.98. The number of hydrogen-bond acceptors (Lipinski definition) is 1. The molecule has 0 aliphatic heterocycles. The molecule has 1 heteroatoms. The summed E-state index contributed by atoms with van der Waals surface area (Å²) in [5, 5.41) is 0. The van der Waals surface area contributed by atoms with Crippen molar-refractivity contribution in [1.29, 1.82) is 0 Å². The largest absolute Gasteiger partial charge is 0.317 e. The molecular formula is C14H19N. The van der Waals surface area contributed by atoms with Gasteiger partial charge in [-0.25, -0.2) is 0 Å². The minimum absolute atomic E-state index is 0.0238. The van der Waals surface area contributed by atoms with Gasteiger partial charge in [-0.15, -0.1) is 5.92 Å². The van der Waals surface area contributed by atoms with Gasteiger partial charge in [0.25, 0.3) is 0 Å². The van der Waals surface area contributed by atoms with Crippen molar-refractivity contribution in [3.63, 3.8) is 0 Å². The van der Waals surface area contributed by atoms with E-state index in [-0.39, 0.29) is 6.04 Å². The molecule has 0 aliphatic carbocycles. The Hall–Kier alpha value is -1.26. The zero-order chi connectivity index (χ0) is 10.9. The quantitative estimate of drug-likeness (QED) is 0.588. The van der Waals surface area contributed by atoms with Crippen LogP contribution in [0.15, 0.2) is 30.3 Å². The molecule has 1 unspecified atom stereocenters. The number of hydrogen-bond donors (Lipinski definition) is 1. The molecule has 0 fully saturated rings. The van der Waals surface area contributed by atoms with E-state index in [1.54, 1.807) is 0 Å². The van der Waals surface area contributed by atoms with Gasteiger partial charge in [-0.3, -0.25) is 0 Å². The van der Waals surface area contributed by atoms with Gasteiger partial charge in [-0.2, -0.15) is 0 Å². The van der Waals surface area contributed by atoms with Gasteiger partial charge in [0.2, 0.25) is 0 Å². The first-order valence-corrected chi connectivity index (χ1v) is 5.61. The summed E-state index contributed by atoms with van der Waals surface area (Å²) in [7, 11) is 0. The summed E-state index contributed by atoms with van der Waals surface area (Å²) in [5.41, 5.74) is 7.17. The van der Waals surface area contributed by atoms with Crippen molar-refractivity contribution in [3.05, 3.63) is 35.9 Å². The standard InChI is InChI=1S/C14H19N/c1-2-3-4-8-11-14(15)12-13-9-6-5-7-10-13/h5-7,9-10,14H,2-4,12,15H2,1H3. The van der Waals surface area contributed by atoms with Gasteiger partial charge < -0.3 is 5.73 Å². The van der Waals surface area contributed by atoms with Crippen LogP contribution in [0.2, 0.25) is 0 Å². The van der Waals surface area contributed by atoms with Crippen molar-refractivity contribution in [2.75, 3.05) is 0 Å². The Balaban J connectivity index is 2.35. The van der Waals surface area contributed by atoms with Crippen molar-refractivity contribution in [3.8, 4) is 11.8 Å². The normalized spacial score (nSPS) is 11.6. The maximum absolute atomic E-state index is 5.91. The van der Waals surface area contributed by atoms with Crippen LogP contribution >= 0.6 is 0 Å². The molecule has 0 saturated heterocycles. The van der Waals surface area contributed by atoms with E-state index in [1.807, 2.05) is 18.2 Å². The van der Waals surface area contributed by atoms with Crippen molar-refractivity contribution >= 4 is 0 Å². The van der Waals surface area contributed by atoms with E-state index in [4.69, 9.17) is 5.73 Å². The van der Waals surface area contributed by atoms with E-state index in [1.165, 1.54) is 18.4 Å². The van der Waals surface area contributed by atoms with Crippen LogP contribution < -0.4 is 5.73 Å². The summed E-state index contributed by atoms with van der Waals surface area (Å²) >= 11 is 0. The molecule has 0 amide bonds. The molecule has 0 heterocycles. The van der Waals surface area contributed by atoms with Crippen LogP contribution in [-0.4, -0.2) is 6.04 Å². The monoisotopic (exact) mass is 201 g/mol. The second-order valence-corrected chi connectivity index (χ2v) is 3.72. The van der Waals surface area contributed by atoms with Crippen LogP contribution in [0.1, 0.15) is 31.7 Å². The van der Waals surface area contributed by atoms with E-state index in [9.17, 15) is 0 Å². The predicted octanol–water partition coefficient (Wildman–Crippen LogP) is 2.75. The smallest absolute Gasteiger partial charge is 0.0705 e. The Morgan fingerprint density at radius 2 is 2.00 bits per heavy atom. The number of rotatable bonds is 4. The first-order chi connectivity index (χ1) is 7.33. The van der Waals surface area contributed by atoms with Gasteiger partial charge in [0.15, 0.2) is 0 Å². The SMILES string of the molecule is CCCCC#CC(N)Cc1ccccc1. The van der Waals surface area contributed by atoms with Crippen molar-refractivity contribution in [2.45, 2.75) is 38.6 Å². The minimum Gasteiger partial charge on any atom is -0.317 e. The van der Waals surface area contributed by atoms with E-state index >= 15 is 0 Å². The molecule has 0 aromatic heterocycles. The first kappa shape index (κ1) is 11.8. The summed E-state index contributed by atoms with van der Waals surface area (Å²) in [6, 6.07) is 10.2. The molecule has 2 N–H and O–H groups in total. The van der Waals surface area contributed by atoms with Crippen LogP contribution in [0.3, 0.4) is 0 Å². The maximum Gasteiger partial charge on any atom is 0.0705 e. The summed E-state index contributed by atoms with van der Waals surface area (Å²) in [6.45, 7) is 2.17. The Morgan fingerprint density at radius 1 is 1.27 bits per heavy atom. The zero-order valence-corrected chi connectivity index (χ0v) is 9.37. The van der Waals surface area contributed by atoms with Crippen LogP contribution in [0, 0.1) is 11.8 Å². The summed E-state index contributed by atoms with van der Waals surface area (Å²) in [6.07, 6.45) is 4.19. The molecule has 1 rings (SSSR count). The van der Waals surface area contributed by atoms with E-state index in [0.29, 0.717) is 0 Å². The van der Waals surface area contributed by atoms with Gasteiger partial charge in [0.1, 0.15) is 0 Å². The second-order valence-electron chi connectivity index (χ2n) is 3.72. The van der Waals surface area contributed by atoms with Gasteiger partial charge in [-0.1, -0.05) is 49.6 Å². The molecule has 15 heavy (non-hydrogen) atoms. The third kappa shape index (κ3) is 5.24. The Kier molecular flexibility index (Phi) is 5.58. The lowest BCUT2D eigenvalue weighted by atomic mass is 10.1. The molecular weight excluding hydrogens is 182 g/mol. The van der Waals surface area contributed by atoms with Gasteiger partial charge in [0.05, 0.1) is 6.04 Å². The molecule has 1 aromatic rings. The van der Waals surface area contributed by atoms with E-state index in [2.05, 4.69) is 30.9 Å². The summed E-state index contributed by atoms with van der Waals surface area (Å²) in [5.74, 6) is 6.22. The third-order valence-corrected chi connectivity index (χ3v) is 2.24. The highest BCUT2D eigenvalue weighted by Crippen LogP contribution is 2.01. The lowest BCUT2D eigenvalue weighted by molar-refractivity contribution is 0.814. The number of benzene rings is 1. The average Bonchev–Trinajstić information content (AvgIpc) is 2.26. The van der Waals surface area contributed by atoms with Gasteiger partial charge in [-0.05, 0) is 18.4 Å². The first-order valence-electron chi connectivity index (χ1n) is 5.61. The topological polar surface area (TPSA) is 26.0 Å². The number of unbranched alkanes of at least 4 members (excludes halogenated alkanes) is 2. The maximum atomic E-state index is 5.91. The fourth-order valence-electron chi connectivity index (χ4n) is 1.39. The van der Waals surface area contributed by atoms with Crippen LogP contribution in [0.25, 0.3) is 0 Å². The summed E-state index contributed by atoms with van der Waals surface area (Å²) < 4.78 is 0. The lowest BCUT2D eigenvalue weighted by Gasteiger charge is -2.03. The third-order valence-electron chi connectivity index (χ3n) is 2.24. The highest BCUT2D eigenvalue weighted by molar-refractivity contribution is 5.19. The molecule has 0 saturated carbocycles. The van der Waals surface area contributed by atoms with Crippen LogP contribution in [0.5, 0.6) is 0 Å². The Labute approximate surface area is 92.7 Å². The van der Waals surface area contributed by atoms with Crippen molar-refractivity contribution in [1.82, 2.24) is 0 Å². The van der Waals surface area contributed by atoms with Crippen LogP contribution in [-0.2, 0) is 6.42 Å². The van der Waals surface area contributed by atoms with Crippen molar-refractivity contribution < 1.29 is 0 Å². The molecule has 0 bridgehead atoms. The fraction of sp³-hybridized carbons (Fsp3) is 0.429. The average molecular weight is 201 g/mol. The van der Waals surface area contributed by atoms with E-state index in [0.717, 1.165) is 12.8 Å². The lowest BCUT2D eigenvalue weighted by Crippen LogP contribution is -2.20. The number of nitrogens with two attached hydrogens (primary N) is 1. The highest BCUT2D eigenvalue weighted by atomic mass is 14.6. The molecule has 80 valence electrons. The molecule has 1 nitrogen and oxygen atoms in total. The fourth-order valence-corrected chi connectivity index (χ4v) is 1.39. The molecule has 1 aromatic carbocycles. The predicted molar refractivity (Wildman–Crippen MR) is 65.4 cm³/mol. The molecule has 1 atom stereocenters. The molecule has 0 radical (unpaired) electrons. The second kappa shape index (κ2) is 7.09. The Bertz CT molecular complexity index is 318.